The zero-order valence-electron chi connectivity index (χ0n) is 11.2. The average molecular weight is 272 g/mol. The first-order valence-electron chi connectivity index (χ1n) is 6.86. The number of aromatic nitrogens is 2. The highest BCUT2D eigenvalue weighted by Gasteiger charge is 2.17. The number of hydrogen-bond acceptors (Lipinski definition) is 4. The number of rotatable bonds is 3. The number of anilines is 1. The van der Waals surface area contributed by atoms with E-state index in [4.69, 9.17) is 5.84 Å². The summed E-state index contributed by atoms with van der Waals surface area (Å²) in [5, 5.41) is 0. The molecule has 0 aliphatic heterocycles. The van der Waals surface area contributed by atoms with Gasteiger partial charge in [0.05, 0.1) is 0 Å². The third-order valence-corrected chi connectivity index (χ3v) is 3.62. The van der Waals surface area contributed by atoms with Crippen molar-refractivity contribution in [2.24, 2.45) is 5.84 Å². The van der Waals surface area contributed by atoms with Gasteiger partial charge in [-0.1, -0.05) is 12.1 Å². The zero-order valence-corrected chi connectivity index (χ0v) is 11.2. The minimum atomic E-state index is -0.238. The molecule has 1 aromatic carbocycles. The Bertz CT molecular complexity index is 610. The summed E-state index contributed by atoms with van der Waals surface area (Å²) in [4.78, 5) is 9.08. The largest absolute Gasteiger partial charge is 0.308 e. The van der Waals surface area contributed by atoms with E-state index < -0.39 is 0 Å². The number of hydrogen-bond donors (Lipinski definition) is 2. The minimum Gasteiger partial charge on any atom is -0.308 e. The van der Waals surface area contributed by atoms with Gasteiger partial charge in [-0.3, -0.25) is 0 Å². The van der Waals surface area contributed by atoms with Crippen LogP contribution in [0, 0.1) is 5.82 Å². The molecule has 0 atom stereocenters. The molecule has 0 bridgehead atoms. The molecule has 1 heterocycles. The van der Waals surface area contributed by atoms with Crippen LogP contribution in [0.2, 0.25) is 0 Å². The van der Waals surface area contributed by atoms with Gasteiger partial charge >= 0.3 is 0 Å². The summed E-state index contributed by atoms with van der Waals surface area (Å²) in [5.74, 6) is 6.72. The highest BCUT2D eigenvalue weighted by Crippen LogP contribution is 2.25. The normalized spacial score (nSPS) is 13.9. The van der Waals surface area contributed by atoms with Crippen LogP contribution < -0.4 is 11.3 Å². The van der Waals surface area contributed by atoms with Crippen molar-refractivity contribution in [1.82, 2.24) is 9.97 Å². The van der Waals surface area contributed by atoms with Crippen molar-refractivity contribution in [3.8, 4) is 0 Å². The van der Waals surface area contributed by atoms with Gasteiger partial charge in [0.25, 0.3) is 0 Å². The van der Waals surface area contributed by atoms with Gasteiger partial charge in [-0.15, -0.1) is 0 Å². The van der Waals surface area contributed by atoms with Crippen LogP contribution in [0.1, 0.15) is 35.5 Å². The van der Waals surface area contributed by atoms with Crippen LogP contribution in [0.5, 0.6) is 0 Å². The molecule has 3 N–H and O–H groups in total. The first-order chi connectivity index (χ1) is 9.76. The topological polar surface area (TPSA) is 63.8 Å². The molecular weight excluding hydrogens is 255 g/mol. The second kappa shape index (κ2) is 5.54. The Balaban J connectivity index is 1.94. The molecule has 0 saturated carbocycles. The van der Waals surface area contributed by atoms with Gasteiger partial charge in [-0.25, -0.2) is 20.2 Å². The maximum absolute atomic E-state index is 13.2. The van der Waals surface area contributed by atoms with E-state index >= 15 is 0 Å². The zero-order chi connectivity index (χ0) is 13.9. The molecule has 5 heteroatoms. The quantitative estimate of drug-likeness (QED) is 0.665. The van der Waals surface area contributed by atoms with Gasteiger partial charge in [0.2, 0.25) is 0 Å². The maximum atomic E-state index is 13.2. The van der Waals surface area contributed by atoms with Crippen LogP contribution >= 0.6 is 0 Å². The van der Waals surface area contributed by atoms with E-state index in [1.54, 1.807) is 6.07 Å². The minimum absolute atomic E-state index is 0.238. The second-order valence-corrected chi connectivity index (χ2v) is 5.07. The van der Waals surface area contributed by atoms with E-state index in [1.165, 1.54) is 12.1 Å². The van der Waals surface area contributed by atoms with Gasteiger partial charge in [0, 0.05) is 17.7 Å². The molecule has 1 aromatic heterocycles. The van der Waals surface area contributed by atoms with Crippen LogP contribution in [-0.4, -0.2) is 9.97 Å². The van der Waals surface area contributed by atoms with Crippen molar-refractivity contribution in [2.45, 2.75) is 32.1 Å². The summed E-state index contributed by atoms with van der Waals surface area (Å²) in [7, 11) is 0. The molecule has 2 aromatic rings. The summed E-state index contributed by atoms with van der Waals surface area (Å²) in [6.45, 7) is 0. The first-order valence-corrected chi connectivity index (χ1v) is 6.86. The SMILES string of the molecule is NNc1nc(Cc2cccc(F)c2)nc2c1CCCC2. The Morgan fingerprint density at radius 3 is 2.85 bits per heavy atom. The smallest absolute Gasteiger partial charge is 0.147 e. The average Bonchev–Trinajstić information content (AvgIpc) is 2.46. The molecule has 3 rings (SSSR count). The van der Waals surface area contributed by atoms with Crippen LogP contribution in [0.15, 0.2) is 24.3 Å². The number of nitrogens with two attached hydrogens (primary N) is 1. The molecule has 20 heavy (non-hydrogen) atoms. The van der Waals surface area contributed by atoms with Crippen molar-refractivity contribution in [3.05, 3.63) is 52.7 Å². The Morgan fingerprint density at radius 1 is 1.20 bits per heavy atom. The van der Waals surface area contributed by atoms with E-state index in [2.05, 4.69) is 15.4 Å². The number of halogens is 1. The van der Waals surface area contributed by atoms with E-state index in [9.17, 15) is 4.39 Å². The predicted octanol–water partition coefficient (Wildman–Crippen LogP) is 2.37. The number of nitrogens with one attached hydrogen (secondary N) is 1. The predicted molar refractivity (Wildman–Crippen MR) is 75.7 cm³/mol. The van der Waals surface area contributed by atoms with Crippen molar-refractivity contribution < 1.29 is 4.39 Å². The van der Waals surface area contributed by atoms with Crippen LogP contribution in [0.4, 0.5) is 10.2 Å². The van der Waals surface area contributed by atoms with Crippen molar-refractivity contribution in [3.63, 3.8) is 0 Å². The highest BCUT2D eigenvalue weighted by atomic mass is 19.1. The monoisotopic (exact) mass is 272 g/mol. The summed E-state index contributed by atoms with van der Waals surface area (Å²) >= 11 is 0. The number of benzene rings is 1. The standard InChI is InChI=1S/C15H17FN4/c16-11-5-3-4-10(8-11)9-14-18-13-7-2-1-6-12(13)15(19-14)20-17/h3-5,8H,1-2,6-7,9,17H2,(H,18,19,20). The van der Waals surface area contributed by atoms with E-state index in [-0.39, 0.29) is 5.82 Å². The van der Waals surface area contributed by atoms with E-state index in [1.807, 2.05) is 6.07 Å². The number of nitrogen functional groups attached to an aromatic ring is 1. The lowest BCUT2D eigenvalue weighted by Crippen LogP contribution is -2.18. The Morgan fingerprint density at radius 2 is 2.05 bits per heavy atom. The van der Waals surface area contributed by atoms with Crippen LogP contribution in [0.3, 0.4) is 0 Å². The van der Waals surface area contributed by atoms with Crippen molar-refractivity contribution in [2.75, 3.05) is 5.43 Å². The third-order valence-electron chi connectivity index (χ3n) is 3.62. The fraction of sp³-hybridized carbons (Fsp3) is 0.333. The summed E-state index contributed by atoms with van der Waals surface area (Å²) in [5.41, 5.74) is 5.73. The molecule has 0 fully saturated rings. The molecule has 0 spiro atoms. The number of fused-ring (bicyclic) bond motifs is 1. The van der Waals surface area contributed by atoms with Gasteiger partial charge in [0.15, 0.2) is 0 Å². The third kappa shape index (κ3) is 2.63. The summed E-state index contributed by atoms with van der Waals surface area (Å²) in [6.07, 6.45) is 4.74. The molecular formula is C15H17FN4. The Kier molecular flexibility index (Phi) is 3.60. The molecule has 0 unspecified atom stereocenters. The van der Waals surface area contributed by atoms with Gasteiger partial charge in [0.1, 0.15) is 17.5 Å². The Labute approximate surface area is 117 Å². The molecule has 4 nitrogen and oxygen atoms in total. The van der Waals surface area contributed by atoms with Crippen LogP contribution in [-0.2, 0) is 19.3 Å². The molecule has 0 radical (unpaired) electrons. The van der Waals surface area contributed by atoms with Crippen molar-refractivity contribution in [1.29, 1.82) is 0 Å². The summed E-state index contributed by atoms with van der Waals surface area (Å²) < 4.78 is 13.2. The lowest BCUT2D eigenvalue weighted by Gasteiger charge is -2.18. The molecule has 1 aliphatic carbocycles. The molecule has 104 valence electrons. The van der Waals surface area contributed by atoms with Gasteiger partial charge < -0.3 is 5.43 Å². The lowest BCUT2D eigenvalue weighted by atomic mass is 9.96. The van der Waals surface area contributed by atoms with Crippen molar-refractivity contribution >= 4 is 5.82 Å². The summed E-state index contributed by atoms with van der Waals surface area (Å²) in [6, 6.07) is 6.52. The Hall–Kier alpha value is -2.01. The van der Waals surface area contributed by atoms with E-state index in [0.29, 0.717) is 18.1 Å². The lowest BCUT2D eigenvalue weighted by molar-refractivity contribution is 0.625. The first kappa shape index (κ1) is 13.0. The highest BCUT2D eigenvalue weighted by molar-refractivity contribution is 5.47. The number of hydrazine groups is 1. The molecule has 0 amide bonds. The van der Waals surface area contributed by atoms with E-state index in [0.717, 1.165) is 42.5 Å². The molecule has 0 saturated heterocycles. The second-order valence-electron chi connectivity index (χ2n) is 5.07. The van der Waals surface area contributed by atoms with Gasteiger partial charge in [-0.2, -0.15) is 0 Å². The fourth-order valence-electron chi connectivity index (χ4n) is 2.67. The number of aryl methyl sites for hydroxylation is 1. The van der Waals surface area contributed by atoms with Crippen LogP contribution in [0.25, 0.3) is 0 Å². The number of nitrogens with zero attached hydrogens (tertiary/aromatic N) is 2. The maximum Gasteiger partial charge on any atom is 0.147 e. The van der Waals surface area contributed by atoms with Gasteiger partial charge in [-0.05, 0) is 43.4 Å². The molecule has 1 aliphatic rings. The fourth-order valence-corrected chi connectivity index (χ4v) is 2.67.